The molecule has 1 aromatic carbocycles. The Balaban J connectivity index is 2.38. The van der Waals surface area contributed by atoms with Crippen LogP contribution in [0.4, 0.5) is 0 Å². The van der Waals surface area contributed by atoms with Crippen molar-refractivity contribution in [2.45, 2.75) is 19.8 Å². The summed E-state index contributed by atoms with van der Waals surface area (Å²) in [5.41, 5.74) is 5.03. The quantitative estimate of drug-likeness (QED) is 0.707. The number of benzene rings is 1. The van der Waals surface area contributed by atoms with Crippen LogP contribution in [0.3, 0.4) is 0 Å². The minimum atomic E-state index is 1.06. The van der Waals surface area contributed by atoms with Crippen molar-refractivity contribution in [1.82, 2.24) is 5.32 Å². The van der Waals surface area contributed by atoms with Crippen molar-refractivity contribution >= 4 is 5.70 Å². The smallest absolute Gasteiger partial charge is 0.0444 e. The fraction of sp³-hybridized carbons (Fsp3) is 0.231. The van der Waals surface area contributed by atoms with Gasteiger partial charge in [0, 0.05) is 11.4 Å². The van der Waals surface area contributed by atoms with Gasteiger partial charge in [0.1, 0.15) is 0 Å². The van der Waals surface area contributed by atoms with E-state index in [4.69, 9.17) is 0 Å². The minimum Gasteiger partial charge on any atom is -0.359 e. The van der Waals surface area contributed by atoms with E-state index in [0.717, 1.165) is 18.5 Å². The highest BCUT2D eigenvalue weighted by Crippen LogP contribution is 2.25. The van der Waals surface area contributed by atoms with E-state index in [1.807, 2.05) is 6.07 Å². The van der Waals surface area contributed by atoms with Crippen LogP contribution >= 0.6 is 0 Å². The van der Waals surface area contributed by atoms with Crippen LogP contribution in [0.2, 0.25) is 0 Å². The van der Waals surface area contributed by atoms with Crippen molar-refractivity contribution in [3.8, 4) is 0 Å². The van der Waals surface area contributed by atoms with Gasteiger partial charge in [-0.05, 0) is 30.9 Å². The summed E-state index contributed by atoms with van der Waals surface area (Å²) >= 11 is 0. The van der Waals surface area contributed by atoms with E-state index in [1.54, 1.807) is 0 Å². The number of hydrogen-bond acceptors (Lipinski definition) is 1. The van der Waals surface area contributed by atoms with Crippen molar-refractivity contribution < 1.29 is 0 Å². The fourth-order valence-electron chi connectivity index (χ4n) is 1.73. The van der Waals surface area contributed by atoms with E-state index in [2.05, 4.69) is 43.1 Å². The molecule has 1 nitrogen and oxygen atoms in total. The maximum Gasteiger partial charge on any atom is 0.0444 e. The maximum absolute atomic E-state index is 3.98. The normalized spacial score (nSPS) is 16.8. The predicted molar refractivity (Wildman–Crippen MR) is 60.5 cm³/mol. The zero-order valence-electron chi connectivity index (χ0n) is 8.51. The summed E-state index contributed by atoms with van der Waals surface area (Å²) in [5, 5.41) is 3.37. The molecule has 1 heterocycles. The summed E-state index contributed by atoms with van der Waals surface area (Å²) in [6.07, 6.45) is 2.18. The van der Waals surface area contributed by atoms with Crippen molar-refractivity contribution in [3.63, 3.8) is 0 Å². The van der Waals surface area contributed by atoms with Gasteiger partial charge in [0.15, 0.2) is 0 Å². The van der Waals surface area contributed by atoms with Gasteiger partial charge in [-0.2, -0.15) is 0 Å². The zero-order valence-corrected chi connectivity index (χ0v) is 8.51. The van der Waals surface area contributed by atoms with Gasteiger partial charge in [-0.15, -0.1) is 0 Å². The molecule has 1 aromatic rings. The van der Waals surface area contributed by atoms with Gasteiger partial charge < -0.3 is 5.32 Å². The Morgan fingerprint density at radius 1 is 1.14 bits per heavy atom. The van der Waals surface area contributed by atoms with Gasteiger partial charge in [0.25, 0.3) is 0 Å². The van der Waals surface area contributed by atoms with Crippen LogP contribution in [-0.2, 0) is 0 Å². The Labute approximate surface area is 85.2 Å². The van der Waals surface area contributed by atoms with Crippen LogP contribution < -0.4 is 5.32 Å². The molecule has 0 saturated heterocycles. The molecule has 2 rings (SSSR count). The van der Waals surface area contributed by atoms with E-state index in [9.17, 15) is 0 Å². The Morgan fingerprint density at radius 2 is 1.86 bits per heavy atom. The van der Waals surface area contributed by atoms with Gasteiger partial charge in [0.05, 0.1) is 0 Å². The van der Waals surface area contributed by atoms with E-state index in [1.165, 1.54) is 16.8 Å². The molecule has 0 unspecified atom stereocenters. The summed E-state index contributed by atoms with van der Waals surface area (Å²) < 4.78 is 0. The average molecular weight is 185 g/mol. The van der Waals surface area contributed by atoms with Gasteiger partial charge in [0.2, 0.25) is 0 Å². The SMILES string of the molecule is C=C1CCC(C)=C(c2ccccc2)N1. The second kappa shape index (κ2) is 3.70. The number of hydrogen-bond donors (Lipinski definition) is 1. The van der Waals surface area contributed by atoms with E-state index < -0.39 is 0 Å². The highest BCUT2D eigenvalue weighted by molar-refractivity contribution is 5.69. The Bertz CT molecular complexity index is 373. The minimum absolute atomic E-state index is 1.06. The van der Waals surface area contributed by atoms with E-state index >= 15 is 0 Å². The molecule has 14 heavy (non-hydrogen) atoms. The Kier molecular flexibility index (Phi) is 2.40. The lowest BCUT2D eigenvalue weighted by Crippen LogP contribution is -2.17. The monoisotopic (exact) mass is 185 g/mol. The van der Waals surface area contributed by atoms with Crippen LogP contribution in [-0.4, -0.2) is 0 Å². The molecule has 0 fully saturated rings. The first kappa shape index (κ1) is 9.07. The zero-order chi connectivity index (χ0) is 9.97. The molecule has 0 atom stereocenters. The number of allylic oxidation sites excluding steroid dienone is 2. The number of rotatable bonds is 1. The molecule has 0 aromatic heterocycles. The van der Waals surface area contributed by atoms with E-state index in [0.29, 0.717) is 0 Å². The van der Waals surface area contributed by atoms with Crippen molar-refractivity contribution in [2.24, 2.45) is 0 Å². The lowest BCUT2D eigenvalue weighted by molar-refractivity contribution is 0.818. The lowest BCUT2D eigenvalue weighted by Gasteiger charge is -2.22. The maximum atomic E-state index is 3.98. The summed E-state index contributed by atoms with van der Waals surface area (Å²) in [5.74, 6) is 0. The van der Waals surface area contributed by atoms with Crippen LogP contribution in [0.5, 0.6) is 0 Å². The van der Waals surface area contributed by atoms with Crippen LogP contribution in [0, 0.1) is 0 Å². The molecule has 0 amide bonds. The topological polar surface area (TPSA) is 12.0 Å². The van der Waals surface area contributed by atoms with Gasteiger partial charge in [-0.1, -0.05) is 36.9 Å². The van der Waals surface area contributed by atoms with Crippen molar-refractivity contribution in [1.29, 1.82) is 0 Å². The third-order valence-electron chi connectivity index (χ3n) is 2.59. The van der Waals surface area contributed by atoms with Gasteiger partial charge >= 0.3 is 0 Å². The molecule has 1 heteroatoms. The van der Waals surface area contributed by atoms with Crippen LogP contribution in [0.1, 0.15) is 25.3 Å². The highest BCUT2D eigenvalue weighted by atomic mass is 14.9. The first-order chi connectivity index (χ1) is 6.77. The molecule has 0 radical (unpaired) electrons. The molecular weight excluding hydrogens is 170 g/mol. The fourth-order valence-corrected chi connectivity index (χ4v) is 1.73. The number of nitrogens with one attached hydrogen (secondary N) is 1. The molecule has 0 aliphatic carbocycles. The lowest BCUT2D eigenvalue weighted by atomic mass is 9.99. The molecule has 0 bridgehead atoms. The first-order valence-electron chi connectivity index (χ1n) is 4.97. The van der Waals surface area contributed by atoms with Crippen molar-refractivity contribution in [3.05, 3.63) is 53.7 Å². The highest BCUT2D eigenvalue weighted by Gasteiger charge is 2.11. The van der Waals surface area contributed by atoms with Crippen molar-refractivity contribution in [2.75, 3.05) is 0 Å². The molecule has 0 spiro atoms. The molecule has 1 aliphatic rings. The second-order valence-electron chi connectivity index (χ2n) is 3.75. The molecule has 1 N–H and O–H groups in total. The predicted octanol–water partition coefficient (Wildman–Crippen LogP) is 3.31. The first-order valence-corrected chi connectivity index (χ1v) is 4.97. The molecular formula is C13H15N. The summed E-state index contributed by atoms with van der Waals surface area (Å²) in [4.78, 5) is 0. The summed E-state index contributed by atoms with van der Waals surface area (Å²) in [6.45, 7) is 6.16. The average Bonchev–Trinajstić information content (AvgIpc) is 2.23. The Hall–Kier alpha value is -1.50. The molecule has 72 valence electrons. The Morgan fingerprint density at radius 3 is 2.57 bits per heavy atom. The molecule has 1 aliphatic heterocycles. The van der Waals surface area contributed by atoms with Crippen LogP contribution in [0.15, 0.2) is 48.2 Å². The second-order valence-corrected chi connectivity index (χ2v) is 3.75. The standard InChI is InChI=1S/C13H15N/c1-10-8-9-11(2)14-13(10)12-6-4-3-5-7-12/h3-7,14H,2,8-9H2,1H3. The summed E-state index contributed by atoms with van der Waals surface area (Å²) in [6, 6.07) is 10.4. The van der Waals surface area contributed by atoms with Gasteiger partial charge in [-0.25, -0.2) is 0 Å². The molecule has 0 saturated carbocycles. The third kappa shape index (κ3) is 1.72. The van der Waals surface area contributed by atoms with Crippen LogP contribution in [0.25, 0.3) is 5.70 Å². The largest absolute Gasteiger partial charge is 0.359 e. The van der Waals surface area contributed by atoms with E-state index in [-0.39, 0.29) is 0 Å². The third-order valence-corrected chi connectivity index (χ3v) is 2.59. The van der Waals surface area contributed by atoms with Gasteiger partial charge in [-0.3, -0.25) is 0 Å². The summed E-state index contributed by atoms with van der Waals surface area (Å²) in [7, 11) is 0.